The number of allylic oxidation sites excluding steroid dienone is 1. The molecule has 0 spiro atoms. The highest BCUT2D eigenvalue weighted by Gasteiger charge is 2.06. The highest BCUT2D eigenvalue weighted by molar-refractivity contribution is 5.72. The molecule has 0 heterocycles. The minimum Gasteiger partial charge on any atom is -0.494 e. The molecule has 0 N–H and O–H groups in total. The normalized spacial score (nSPS) is 10.9. The van der Waals surface area contributed by atoms with E-state index in [1.807, 2.05) is 31.2 Å². The molecule has 0 saturated carbocycles. The summed E-state index contributed by atoms with van der Waals surface area (Å²) in [6, 6.07) is 5.56. The molecule has 0 bridgehead atoms. The van der Waals surface area contributed by atoms with Crippen molar-refractivity contribution in [2.45, 2.75) is 65.7 Å². The number of rotatable bonds is 11. The zero-order chi connectivity index (χ0) is 16.9. The van der Waals surface area contributed by atoms with Gasteiger partial charge in [-0.05, 0) is 31.5 Å². The first-order valence-electron chi connectivity index (χ1n) is 8.75. The second-order valence-electron chi connectivity index (χ2n) is 5.76. The maximum absolute atomic E-state index is 11.1. The first kappa shape index (κ1) is 19.3. The summed E-state index contributed by atoms with van der Waals surface area (Å²) in [4.78, 5) is 11.1. The van der Waals surface area contributed by atoms with E-state index in [4.69, 9.17) is 9.47 Å². The van der Waals surface area contributed by atoms with E-state index < -0.39 is 0 Å². The van der Waals surface area contributed by atoms with Crippen LogP contribution >= 0.6 is 0 Å². The third-order valence-corrected chi connectivity index (χ3v) is 3.60. The summed E-state index contributed by atoms with van der Waals surface area (Å²) in [6.07, 6.45) is 12.7. The van der Waals surface area contributed by atoms with Gasteiger partial charge in [0.15, 0.2) is 0 Å². The van der Waals surface area contributed by atoms with Crippen LogP contribution in [0.15, 0.2) is 24.3 Å². The van der Waals surface area contributed by atoms with Gasteiger partial charge in [-0.3, -0.25) is 4.79 Å². The van der Waals surface area contributed by atoms with Crippen LogP contribution in [0.25, 0.3) is 6.08 Å². The Hall–Kier alpha value is -1.77. The Balaban J connectivity index is 2.39. The van der Waals surface area contributed by atoms with Gasteiger partial charge in [-0.25, -0.2) is 0 Å². The summed E-state index contributed by atoms with van der Waals surface area (Å²) in [6.45, 7) is 6.31. The quantitative estimate of drug-likeness (QED) is 0.295. The molecule has 23 heavy (non-hydrogen) atoms. The van der Waals surface area contributed by atoms with Crippen molar-refractivity contribution in [3.63, 3.8) is 0 Å². The summed E-state index contributed by atoms with van der Waals surface area (Å²) in [7, 11) is 0. The lowest BCUT2D eigenvalue weighted by molar-refractivity contribution is -0.131. The van der Waals surface area contributed by atoms with Gasteiger partial charge in [0, 0.05) is 12.5 Å². The number of esters is 1. The Morgan fingerprint density at radius 2 is 1.78 bits per heavy atom. The molecule has 0 radical (unpaired) electrons. The number of hydrogen-bond acceptors (Lipinski definition) is 3. The third-order valence-electron chi connectivity index (χ3n) is 3.60. The standard InChI is InChI=1S/C20H30O3/c1-4-6-7-8-9-10-11-15-22-19-13-14-20(23-17(3)21)18(16-19)12-5-2/h5,12-14,16H,4,6-11,15H2,1-3H3. The van der Waals surface area contributed by atoms with Crippen molar-refractivity contribution < 1.29 is 14.3 Å². The second kappa shape index (κ2) is 11.8. The van der Waals surface area contributed by atoms with E-state index >= 15 is 0 Å². The number of carbonyl (C=O) groups excluding carboxylic acids is 1. The molecule has 0 aliphatic carbocycles. The first-order valence-corrected chi connectivity index (χ1v) is 8.75. The summed E-state index contributed by atoms with van der Waals surface area (Å²) in [5, 5.41) is 0. The van der Waals surface area contributed by atoms with Crippen LogP contribution < -0.4 is 9.47 Å². The average molecular weight is 318 g/mol. The first-order chi connectivity index (χ1) is 11.2. The van der Waals surface area contributed by atoms with Crippen LogP contribution in [0.1, 0.15) is 71.3 Å². The fourth-order valence-corrected chi connectivity index (χ4v) is 2.42. The van der Waals surface area contributed by atoms with Crippen molar-refractivity contribution in [1.29, 1.82) is 0 Å². The number of ether oxygens (including phenoxy) is 2. The Labute approximate surface area is 140 Å². The lowest BCUT2D eigenvalue weighted by atomic mass is 10.1. The highest BCUT2D eigenvalue weighted by Crippen LogP contribution is 2.26. The monoisotopic (exact) mass is 318 g/mol. The van der Waals surface area contributed by atoms with Crippen LogP contribution in [0.2, 0.25) is 0 Å². The molecule has 0 saturated heterocycles. The van der Waals surface area contributed by atoms with Gasteiger partial charge in [0.2, 0.25) is 0 Å². The van der Waals surface area contributed by atoms with Gasteiger partial charge in [-0.15, -0.1) is 0 Å². The fourth-order valence-electron chi connectivity index (χ4n) is 2.42. The van der Waals surface area contributed by atoms with Crippen molar-refractivity contribution in [3.05, 3.63) is 29.8 Å². The second-order valence-corrected chi connectivity index (χ2v) is 5.76. The van der Waals surface area contributed by atoms with Crippen LogP contribution in [-0.4, -0.2) is 12.6 Å². The number of benzene rings is 1. The molecule has 0 fully saturated rings. The Morgan fingerprint density at radius 1 is 1.09 bits per heavy atom. The third kappa shape index (κ3) is 8.44. The maximum atomic E-state index is 11.1. The average Bonchev–Trinajstić information content (AvgIpc) is 2.52. The van der Waals surface area contributed by atoms with Crippen LogP contribution in [-0.2, 0) is 4.79 Å². The van der Waals surface area contributed by atoms with Crippen LogP contribution in [0.5, 0.6) is 11.5 Å². The van der Waals surface area contributed by atoms with Gasteiger partial charge < -0.3 is 9.47 Å². The molecule has 1 aromatic carbocycles. The van der Waals surface area contributed by atoms with E-state index in [0.29, 0.717) is 5.75 Å². The lowest BCUT2D eigenvalue weighted by Gasteiger charge is -2.10. The molecular weight excluding hydrogens is 288 g/mol. The molecule has 0 amide bonds. The summed E-state index contributed by atoms with van der Waals surface area (Å²) < 4.78 is 11.0. The number of hydrogen-bond donors (Lipinski definition) is 0. The van der Waals surface area contributed by atoms with E-state index in [2.05, 4.69) is 6.92 Å². The molecule has 1 aromatic rings. The van der Waals surface area contributed by atoms with E-state index in [-0.39, 0.29) is 5.97 Å². The maximum Gasteiger partial charge on any atom is 0.308 e. The molecule has 0 aliphatic rings. The van der Waals surface area contributed by atoms with E-state index in [1.165, 1.54) is 45.4 Å². The Morgan fingerprint density at radius 3 is 2.43 bits per heavy atom. The minimum absolute atomic E-state index is 0.313. The van der Waals surface area contributed by atoms with Gasteiger partial charge in [0.25, 0.3) is 0 Å². The van der Waals surface area contributed by atoms with Gasteiger partial charge in [0.1, 0.15) is 11.5 Å². The summed E-state index contributed by atoms with van der Waals surface area (Å²) in [5.41, 5.74) is 0.861. The molecule has 3 heteroatoms. The largest absolute Gasteiger partial charge is 0.494 e. The predicted molar refractivity (Wildman–Crippen MR) is 95.9 cm³/mol. The van der Waals surface area contributed by atoms with Crippen molar-refractivity contribution in [2.75, 3.05) is 6.61 Å². The van der Waals surface area contributed by atoms with Crippen LogP contribution in [0, 0.1) is 0 Å². The SMILES string of the molecule is CC=Cc1cc(OCCCCCCCCC)ccc1OC(C)=O. The van der Waals surface area contributed by atoms with Crippen molar-refractivity contribution >= 4 is 12.0 Å². The van der Waals surface area contributed by atoms with Crippen molar-refractivity contribution in [1.82, 2.24) is 0 Å². The minimum atomic E-state index is -0.313. The highest BCUT2D eigenvalue weighted by atomic mass is 16.5. The molecular formula is C20H30O3. The van der Waals surface area contributed by atoms with Gasteiger partial charge in [0.05, 0.1) is 6.61 Å². The summed E-state index contributed by atoms with van der Waals surface area (Å²) >= 11 is 0. The Bertz CT molecular complexity index is 492. The molecule has 128 valence electrons. The molecule has 0 aliphatic heterocycles. The van der Waals surface area contributed by atoms with E-state index in [1.54, 1.807) is 6.07 Å². The van der Waals surface area contributed by atoms with Gasteiger partial charge in [-0.1, -0.05) is 57.6 Å². The van der Waals surface area contributed by atoms with Gasteiger partial charge in [-0.2, -0.15) is 0 Å². The fraction of sp³-hybridized carbons (Fsp3) is 0.550. The zero-order valence-corrected chi connectivity index (χ0v) is 14.8. The molecule has 3 nitrogen and oxygen atoms in total. The van der Waals surface area contributed by atoms with Gasteiger partial charge >= 0.3 is 5.97 Å². The molecule has 0 aromatic heterocycles. The Kier molecular flexibility index (Phi) is 9.85. The van der Waals surface area contributed by atoms with Crippen LogP contribution in [0.4, 0.5) is 0 Å². The van der Waals surface area contributed by atoms with Crippen molar-refractivity contribution in [2.24, 2.45) is 0 Å². The van der Waals surface area contributed by atoms with Crippen molar-refractivity contribution in [3.8, 4) is 11.5 Å². The lowest BCUT2D eigenvalue weighted by Crippen LogP contribution is -2.03. The zero-order valence-electron chi connectivity index (χ0n) is 14.8. The molecule has 1 rings (SSSR count). The van der Waals surface area contributed by atoms with E-state index in [0.717, 1.165) is 24.3 Å². The smallest absolute Gasteiger partial charge is 0.308 e. The molecule has 0 atom stereocenters. The predicted octanol–water partition coefficient (Wildman–Crippen LogP) is 5.77. The van der Waals surface area contributed by atoms with E-state index in [9.17, 15) is 4.79 Å². The topological polar surface area (TPSA) is 35.5 Å². The van der Waals surface area contributed by atoms with Crippen LogP contribution in [0.3, 0.4) is 0 Å². The number of carbonyl (C=O) groups is 1. The summed E-state index contributed by atoms with van der Waals surface area (Å²) in [5.74, 6) is 1.08. The molecule has 0 unspecified atom stereocenters. The number of unbranched alkanes of at least 4 members (excludes halogenated alkanes) is 6.